The highest BCUT2D eigenvalue weighted by atomic mass is 32.2. The van der Waals surface area contributed by atoms with E-state index < -0.39 is 0 Å². The molecule has 0 N–H and O–H groups in total. The lowest BCUT2D eigenvalue weighted by atomic mass is 10.2. The topological polar surface area (TPSA) is 46.1 Å². The van der Waals surface area contributed by atoms with Crippen LogP contribution >= 0.6 is 23.1 Å². The molecule has 1 unspecified atom stereocenters. The summed E-state index contributed by atoms with van der Waals surface area (Å²) in [5.74, 6) is 0.146. The summed E-state index contributed by atoms with van der Waals surface area (Å²) in [6.45, 7) is 4.87. The molecule has 2 aromatic heterocycles. The molecule has 3 aromatic rings. The first-order chi connectivity index (χ1) is 12.2. The Bertz CT molecular complexity index is 937. The number of anilines is 1. The first-order valence-corrected chi connectivity index (χ1v) is 10.2. The predicted octanol–water partition coefficient (Wildman–Crippen LogP) is 4.32. The SMILES string of the molecule is CCc1cc2c(SC(C)C(=O)N3CCc4ccccc43)ncnc2s1. The van der Waals surface area contributed by atoms with E-state index in [9.17, 15) is 4.79 Å². The molecule has 0 fully saturated rings. The van der Waals surface area contributed by atoms with Crippen LogP contribution in [0.15, 0.2) is 41.7 Å². The molecule has 3 heterocycles. The van der Waals surface area contributed by atoms with Gasteiger partial charge in [-0.2, -0.15) is 0 Å². The average molecular weight is 370 g/mol. The van der Waals surface area contributed by atoms with Crippen molar-refractivity contribution in [1.29, 1.82) is 0 Å². The number of hydrogen-bond acceptors (Lipinski definition) is 5. The van der Waals surface area contributed by atoms with E-state index in [2.05, 4.69) is 29.0 Å². The molecule has 4 nitrogen and oxygen atoms in total. The zero-order valence-electron chi connectivity index (χ0n) is 14.2. The first-order valence-electron chi connectivity index (χ1n) is 8.46. The van der Waals surface area contributed by atoms with E-state index in [-0.39, 0.29) is 11.2 Å². The summed E-state index contributed by atoms with van der Waals surface area (Å²) in [6.07, 6.45) is 3.52. The summed E-state index contributed by atoms with van der Waals surface area (Å²) in [5, 5.41) is 1.78. The molecular weight excluding hydrogens is 350 g/mol. The third kappa shape index (κ3) is 3.04. The largest absolute Gasteiger partial charge is 0.311 e. The van der Waals surface area contributed by atoms with Gasteiger partial charge in [0, 0.05) is 22.5 Å². The average Bonchev–Trinajstić information content (AvgIpc) is 3.25. The molecule has 1 amide bonds. The fourth-order valence-corrected chi connectivity index (χ4v) is 5.11. The molecule has 25 heavy (non-hydrogen) atoms. The van der Waals surface area contributed by atoms with Gasteiger partial charge in [0.15, 0.2) is 0 Å². The molecule has 0 bridgehead atoms. The number of carbonyl (C=O) groups is 1. The van der Waals surface area contributed by atoms with E-state index in [0.717, 1.165) is 40.3 Å². The van der Waals surface area contributed by atoms with Crippen LogP contribution in [0, 0.1) is 0 Å². The maximum absolute atomic E-state index is 13.0. The molecule has 0 aliphatic carbocycles. The molecule has 128 valence electrons. The Hall–Kier alpha value is -1.92. The standard InChI is InChI=1S/C19H19N3OS2/c1-3-14-10-15-17(20-11-21-18(15)25-14)24-12(2)19(23)22-9-8-13-6-4-5-7-16(13)22/h4-7,10-12H,3,8-9H2,1-2H3. The number of thioether (sulfide) groups is 1. The summed E-state index contributed by atoms with van der Waals surface area (Å²) >= 11 is 3.23. The monoisotopic (exact) mass is 369 g/mol. The van der Waals surface area contributed by atoms with Crippen molar-refractivity contribution in [3.63, 3.8) is 0 Å². The van der Waals surface area contributed by atoms with Crippen molar-refractivity contribution in [3.8, 4) is 0 Å². The summed E-state index contributed by atoms with van der Waals surface area (Å²) in [4.78, 5) is 26.0. The van der Waals surface area contributed by atoms with Crippen molar-refractivity contribution in [2.24, 2.45) is 0 Å². The van der Waals surface area contributed by atoms with Gasteiger partial charge >= 0.3 is 0 Å². The lowest BCUT2D eigenvalue weighted by Gasteiger charge is -2.21. The third-order valence-corrected chi connectivity index (χ3v) is 6.77. The van der Waals surface area contributed by atoms with Gasteiger partial charge < -0.3 is 4.90 Å². The minimum atomic E-state index is -0.186. The van der Waals surface area contributed by atoms with Crippen LogP contribution in [0.2, 0.25) is 0 Å². The molecule has 1 aromatic carbocycles. The highest BCUT2D eigenvalue weighted by Crippen LogP contribution is 2.35. The highest BCUT2D eigenvalue weighted by Gasteiger charge is 2.28. The van der Waals surface area contributed by atoms with Gasteiger partial charge in [-0.25, -0.2) is 9.97 Å². The van der Waals surface area contributed by atoms with Crippen LogP contribution in [0.1, 0.15) is 24.3 Å². The number of thiophene rings is 1. The minimum Gasteiger partial charge on any atom is -0.311 e. The Morgan fingerprint density at radius 3 is 3.04 bits per heavy atom. The second kappa shape index (κ2) is 6.77. The van der Waals surface area contributed by atoms with Crippen LogP contribution in [0.3, 0.4) is 0 Å². The lowest BCUT2D eigenvalue weighted by Crippen LogP contribution is -2.35. The summed E-state index contributed by atoms with van der Waals surface area (Å²) in [7, 11) is 0. The number of rotatable bonds is 4. The Morgan fingerprint density at radius 1 is 1.36 bits per heavy atom. The Balaban J connectivity index is 1.57. The van der Waals surface area contributed by atoms with Crippen molar-refractivity contribution >= 4 is 44.9 Å². The number of nitrogens with zero attached hydrogens (tertiary/aromatic N) is 3. The smallest absolute Gasteiger partial charge is 0.240 e. The van der Waals surface area contributed by atoms with Gasteiger partial charge in [-0.3, -0.25) is 4.79 Å². The number of benzene rings is 1. The second-order valence-electron chi connectivity index (χ2n) is 6.09. The predicted molar refractivity (Wildman–Crippen MR) is 105 cm³/mol. The third-order valence-electron chi connectivity index (χ3n) is 4.48. The van der Waals surface area contributed by atoms with E-state index in [4.69, 9.17) is 0 Å². The van der Waals surface area contributed by atoms with Crippen molar-refractivity contribution in [2.75, 3.05) is 11.4 Å². The van der Waals surface area contributed by atoms with E-state index in [0.29, 0.717) is 0 Å². The second-order valence-corrected chi connectivity index (χ2v) is 8.54. The van der Waals surface area contributed by atoms with Gasteiger partial charge in [0.25, 0.3) is 0 Å². The van der Waals surface area contributed by atoms with Gasteiger partial charge in [0.1, 0.15) is 16.2 Å². The molecule has 1 aliphatic rings. The summed E-state index contributed by atoms with van der Waals surface area (Å²) in [6, 6.07) is 10.3. The van der Waals surface area contributed by atoms with Crippen molar-refractivity contribution < 1.29 is 4.79 Å². The minimum absolute atomic E-state index is 0.146. The van der Waals surface area contributed by atoms with Gasteiger partial charge in [-0.1, -0.05) is 36.9 Å². The molecule has 0 saturated carbocycles. The van der Waals surface area contributed by atoms with Crippen LogP contribution in [-0.2, 0) is 17.6 Å². The molecule has 0 radical (unpaired) electrons. The normalized spacial score (nSPS) is 14.7. The highest BCUT2D eigenvalue weighted by molar-refractivity contribution is 8.00. The Kier molecular flexibility index (Phi) is 4.48. The zero-order chi connectivity index (χ0) is 17.4. The van der Waals surface area contributed by atoms with Crippen LogP contribution in [0.25, 0.3) is 10.2 Å². The number of hydrogen-bond donors (Lipinski definition) is 0. The zero-order valence-corrected chi connectivity index (χ0v) is 15.9. The lowest BCUT2D eigenvalue weighted by molar-refractivity contribution is -0.117. The van der Waals surface area contributed by atoms with Crippen LogP contribution in [0.4, 0.5) is 5.69 Å². The van der Waals surface area contributed by atoms with Crippen molar-refractivity contribution in [2.45, 2.75) is 37.0 Å². The van der Waals surface area contributed by atoms with E-state index in [1.807, 2.05) is 30.0 Å². The summed E-state index contributed by atoms with van der Waals surface area (Å²) in [5.41, 5.74) is 2.31. The molecule has 0 spiro atoms. The van der Waals surface area contributed by atoms with Gasteiger partial charge in [0.2, 0.25) is 5.91 Å². The Labute approximate surface area is 155 Å². The van der Waals surface area contributed by atoms with Crippen molar-refractivity contribution in [3.05, 3.63) is 47.1 Å². The van der Waals surface area contributed by atoms with Gasteiger partial charge in [-0.15, -0.1) is 11.3 Å². The van der Waals surface area contributed by atoms with Crippen LogP contribution < -0.4 is 4.90 Å². The molecule has 1 aliphatic heterocycles. The quantitative estimate of drug-likeness (QED) is 0.507. The number of fused-ring (bicyclic) bond motifs is 2. The number of amides is 1. The number of aromatic nitrogens is 2. The number of carbonyl (C=O) groups excluding carboxylic acids is 1. The first kappa shape index (κ1) is 16.5. The molecule has 1 atom stereocenters. The van der Waals surface area contributed by atoms with E-state index in [1.54, 1.807) is 17.7 Å². The van der Waals surface area contributed by atoms with Gasteiger partial charge in [0.05, 0.1) is 5.25 Å². The van der Waals surface area contributed by atoms with Crippen LogP contribution in [0.5, 0.6) is 0 Å². The molecule has 0 saturated heterocycles. The van der Waals surface area contributed by atoms with Crippen LogP contribution in [-0.4, -0.2) is 27.7 Å². The van der Waals surface area contributed by atoms with Crippen molar-refractivity contribution in [1.82, 2.24) is 9.97 Å². The molecule has 4 rings (SSSR count). The maximum Gasteiger partial charge on any atom is 0.240 e. The summed E-state index contributed by atoms with van der Waals surface area (Å²) < 4.78 is 0. The maximum atomic E-state index is 13.0. The van der Waals surface area contributed by atoms with Gasteiger partial charge in [-0.05, 0) is 37.5 Å². The molecule has 6 heteroatoms. The number of aryl methyl sites for hydroxylation is 1. The fraction of sp³-hybridized carbons (Fsp3) is 0.316. The Morgan fingerprint density at radius 2 is 2.20 bits per heavy atom. The van der Waals surface area contributed by atoms with E-state index >= 15 is 0 Å². The fourth-order valence-electron chi connectivity index (χ4n) is 3.16. The van der Waals surface area contributed by atoms with E-state index in [1.165, 1.54) is 22.2 Å². The molecular formula is C19H19N3OS2. The number of para-hydroxylation sites is 1.